The van der Waals surface area contributed by atoms with E-state index in [-0.39, 0.29) is 17.6 Å². The molecule has 1 N–H and O–H groups in total. The third kappa shape index (κ3) is 2.87. The number of aromatic amines is 1. The fourth-order valence-corrected chi connectivity index (χ4v) is 3.23. The summed E-state index contributed by atoms with van der Waals surface area (Å²) in [7, 11) is 0. The number of rotatable bonds is 2. The zero-order chi connectivity index (χ0) is 15.0. The fraction of sp³-hybridized carbons (Fsp3) is 0.471. The molecule has 0 radical (unpaired) electrons. The number of ether oxygens (including phenoxy) is 1. The molecular weight excluding hydrogens is 264 g/mol. The van der Waals surface area contributed by atoms with E-state index in [0.717, 1.165) is 35.2 Å². The number of aromatic nitrogens is 1. The number of nitrogens with one attached hydrogen (secondary N) is 1. The molecule has 0 bridgehead atoms. The number of pyridine rings is 1. The number of nitrogens with zero attached hydrogens (tertiary/aromatic N) is 1. The van der Waals surface area contributed by atoms with E-state index < -0.39 is 0 Å². The molecule has 0 saturated carbocycles. The molecule has 0 aliphatic carbocycles. The highest BCUT2D eigenvalue weighted by Gasteiger charge is 2.23. The standard InChI is InChI=1S/C17H22N2O2/c1-11-8-19(9-12(2)21-11)10-15-13(3)18-16-7-5-4-6-14(16)17(15)20/h4-7,11-12H,8-10H2,1-3H3,(H,18,20)/t11-,12-/m1/s1. The molecule has 0 spiro atoms. The molecule has 1 aromatic heterocycles. The molecule has 2 aromatic rings. The van der Waals surface area contributed by atoms with Crippen LogP contribution in [0.5, 0.6) is 0 Å². The Hall–Kier alpha value is -1.65. The molecule has 1 aliphatic rings. The summed E-state index contributed by atoms with van der Waals surface area (Å²) >= 11 is 0. The first-order chi connectivity index (χ1) is 10.0. The van der Waals surface area contributed by atoms with Gasteiger partial charge in [0.1, 0.15) is 0 Å². The van der Waals surface area contributed by atoms with E-state index in [1.165, 1.54) is 0 Å². The maximum Gasteiger partial charge on any atom is 0.194 e. The van der Waals surface area contributed by atoms with Crippen molar-refractivity contribution in [1.82, 2.24) is 9.88 Å². The molecule has 4 heteroatoms. The molecule has 4 nitrogen and oxygen atoms in total. The molecule has 1 aliphatic heterocycles. The minimum absolute atomic E-state index is 0.147. The van der Waals surface area contributed by atoms with Crippen molar-refractivity contribution in [2.24, 2.45) is 0 Å². The minimum Gasteiger partial charge on any atom is -0.373 e. The van der Waals surface area contributed by atoms with Gasteiger partial charge in [-0.1, -0.05) is 12.1 Å². The highest BCUT2D eigenvalue weighted by molar-refractivity contribution is 5.79. The number of morpholine rings is 1. The number of para-hydroxylation sites is 1. The second-order valence-electron chi connectivity index (χ2n) is 6.05. The van der Waals surface area contributed by atoms with Crippen molar-refractivity contribution in [3.8, 4) is 0 Å². The van der Waals surface area contributed by atoms with E-state index in [9.17, 15) is 4.79 Å². The van der Waals surface area contributed by atoms with Crippen LogP contribution in [0.25, 0.3) is 10.9 Å². The van der Waals surface area contributed by atoms with Crippen LogP contribution in [0.15, 0.2) is 29.1 Å². The molecule has 1 saturated heterocycles. The quantitative estimate of drug-likeness (QED) is 0.922. The highest BCUT2D eigenvalue weighted by Crippen LogP contribution is 2.16. The Balaban J connectivity index is 1.95. The van der Waals surface area contributed by atoms with Gasteiger partial charge in [0.2, 0.25) is 0 Å². The highest BCUT2D eigenvalue weighted by atomic mass is 16.5. The van der Waals surface area contributed by atoms with E-state index >= 15 is 0 Å². The number of fused-ring (bicyclic) bond motifs is 1. The van der Waals surface area contributed by atoms with Crippen molar-refractivity contribution in [2.45, 2.75) is 39.5 Å². The van der Waals surface area contributed by atoms with Crippen molar-refractivity contribution >= 4 is 10.9 Å². The molecule has 21 heavy (non-hydrogen) atoms. The summed E-state index contributed by atoms with van der Waals surface area (Å²) in [4.78, 5) is 18.4. The monoisotopic (exact) mass is 286 g/mol. The van der Waals surface area contributed by atoms with Gasteiger partial charge in [0, 0.05) is 41.8 Å². The van der Waals surface area contributed by atoms with Gasteiger partial charge < -0.3 is 9.72 Å². The van der Waals surface area contributed by atoms with Gasteiger partial charge in [0.15, 0.2) is 5.43 Å². The Morgan fingerprint density at radius 1 is 1.24 bits per heavy atom. The third-order valence-electron chi connectivity index (χ3n) is 4.10. The van der Waals surface area contributed by atoms with Crippen LogP contribution in [0.3, 0.4) is 0 Å². The van der Waals surface area contributed by atoms with Crippen LogP contribution < -0.4 is 5.43 Å². The van der Waals surface area contributed by atoms with Crippen LogP contribution in [0, 0.1) is 6.92 Å². The van der Waals surface area contributed by atoms with E-state index in [1.807, 2.05) is 31.2 Å². The Bertz CT molecular complexity index is 697. The van der Waals surface area contributed by atoms with Gasteiger partial charge in [0.05, 0.1) is 12.2 Å². The van der Waals surface area contributed by atoms with Crippen LogP contribution >= 0.6 is 0 Å². The van der Waals surface area contributed by atoms with Crippen molar-refractivity contribution in [3.05, 3.63) is 45.7 Å². The van der Waals surface area contributed by atoms with Crippen LogP contribution in [-0.4, -0.2) is 35.2 Å². The lowest BCUT2D eigenvalue weighted by Crippen LogP contribution is -2.45. The van der Waals surface area contributed by atoms with Crippen LogP contribution in [0.4, 0.5) is 0 Å². The molecule has 1 aromatic carbocycles. The van der Waals surface area contributed by atoms with E-state index in [0.29, 0.717) is 6.54 Å². The fourth-order valence-electron chi connectivity index (χ4n) is 3.23. The van der Waals surface area contributed by atoms with Gasteiger partial charge in [0.25, 0.3) is 0 Å². The molecule has 2 heterocycles. The number of hydrogen-bond acceptors (Lipinski definition) is 3. The van der Waals surface area contributed by atoms with Gasteiger partial charge in [-0.15, -0.1) is 0 Å². The maximum atomic E-state index is 12.7. The van der Waals surface area contributed by atoms with E-state index in [1.54, 1.807) is 0 Å². The average molecular weight is 286 g/mol. The minimum atomic E-state index is 0.147. The number of benzene rings is 1. The molecule has 0 unspecified atom stereocenters. The summed E-state index contributed by atoms with van der Waals surface area (Å²) in [5, 5.41) is 0.771. The van der Waals surface area contributed by atoms with Crippen LogP contribution in [0.1, 0.15) is 25.1 Å². The molecule has 2 atom stereocenters. The Morgan fingerprint density at radius 2 is 1.90 bits per heavy atom. The zero-order valence-electron chi connectivity index (χ0n) is 12.8. The van der Waals surface area contributed by atoms with Gasteiger partial charge >= 0.3 is 0 Å². The lowest BCUT2D eigenvalue weighted by molar-refractivity contribution is -0.0706. The second-order valence-corrected chi connectivity index (χ2v) is 6.05. The maximum absolute atomic E-state index is 12.7. The number of hydrogen-bond donors (Lipinski definition) is 1. The first kappa shape index (κ1) is 14.3. The smallest absolute Gasteiger partial charge is 0.194 e. The van der Waals surface area contributed by atoms with Crippen LogP contribution in [0.2, 0.25) is 0 Å². The molecule has 0 amide bonds. The summed E-state index contributed by atoms with van der Waals surface area (Å²) < 4.78 is 5.76. The second kappa shape index (κ2) is 5.62. The molecule has 112 valence electrons. The average Bonchev–Trinajstić information content (AvgIpc) is 2.42. The summed E-state index contributed by atoms with van der Waals surface area (Å²) in [6.07, 6.45) is 0.433. The Kier molecular flexibility index (Phi) is 3.83. The topological polar surface area (TPSA) is 45.3 Å². The predicted octanol–water partition coefficient (Wildman–Crippen LogP) is 2.45. The van der Waals surface area contributed by atoms with Crippen molar-refractivity contribution in [2.75, 3.05) is 13.1 Å². The summed E-state index contributed by atoms with van der Waals surface area (Å²) in [6, 6.07) is 7.70. The van der Waals surface area contributed by atoms with E-state index in [2.05, 4.69) is 23.7 Å². The third-order valence-corrected chi connectivity index (χ3v) is 4.10. The first-order valence-electron chi connectivity index (χ1n) is 7.53. The van der Waals surface area contributed by atoms with Gasteiger partial charge in [-0.05, 0) is 32.9 Å². The molecule has 3 rings (SSSR count). The SMILES string of the molecule is Cc1[nH]c2ccccc2c(=O)c1CN1C[C@@H](C)O[C@H](C)C1. The summed E-state index contributed by atoms with van der Waals surface area (Å²) in [5.41, 5.74) is 2.89. The Morgan fingerprint density at radius 3 is 2.62 bits per heavy atom. The van der Waals surface area contributed by atoms with Crippen LogP contribution in [-0.2, 0) is 11.3 Å². The summed E-state index contributed by atoms with van der Waals surface area (Å²) in [5.74, 6) is 0. The number of aryl methyl sites for hydroxylation is 1. The van der Waals surface area contributed by atoms with Crippen molar-refractivity contribution in [1.29, 1.82) is 0 Å². The van der Waals surface area contributed by atoms with E-state index in [4.69, 9.17) is 4.74 Å². The lowest BCUT2D eigenvalue weighted by atomic mass is 10.1. The van der Waals surface area contributed by atoms with Crippen molar-refractivity contribution < 1.29 is 4.74 Å². The normalized spacial score (nSPS) is 23.6. The van der Waals surface area contributed by atoms with Gasteiger partial charge in [-0.2, -0.15) is 0 Å². The lowest BCUT2D eigenvalue weighted by Gasteiger charge is -2.35. The molecule has 1 fully saturated rings. The van der Waals surface area contributed by atoms with Gasteiger partial charge in [-0.3, -0.25) is 9.69 Å². The predicted molar refractivity (Wildman–Crippen MR) is 84.6 cm³/mol. The summed E-state index contributed by atoms with van der Waals surface area (Å²) in [6.45, 7) is 8.58. The molecular formula is C17H22N2O2. The largest absolute Gasteiger partial charge is 0.373 e. The number of H-pyrrole nitrogens is 1. The Labute approximate surface area is 124 Å². The van der Waals surface area contributed by atoms with Gasteiger partial charge in [-0.25, -0.2) is 0 Å². The first-order valence-corrected chi connectivity index (χ1v) is 7.53. The van der Waals surface area contributed by atoms with Crippen molar-refractivity contribution in [3.63, 3.8) is 0 Å². The zero-order valence-corrected chi connectivity index (χ0v) is 12.8.